The Kier molecular flexibility index (Phi) is 19.8. The predicted octanol–water partition coefficient (Wildman–Crippen LogP) is 6.86. The number of methoxy groups -OCH3 is 1. The van der Waals surface area contributed by atoms with Crippen molar-refractivity contribution in [1.82, 2.24) is 24.8 Å². The molecule has 0 unspecified atom stereocenters. The van der Waals surface area contributed by atoms with E-state index in [2.05, 4.69) is 93.8 Å². The molecule has 0 bridgehead atoms. The van der Waals surface area contributed by atoms with Gasteiger partial charge in [-0.3, -0.25) is 19.4 Å². The molecular weight excluding hydrogens is 971 g/mol. The van der Waals surface area contributed by atoms with Crippen LogP contribution in [0.5, 0.6) is 0 Å². The quantitative estimate of drug-likeness (QED) is 0.187. The normalized spacial score (nSPS) is 18.1. The number of halogens is 5. The first kappa shape index (κ1) is 43.9. The number of hydrogen-bond donors (Lipinski definition) is 3. The van der Waals surface area contributed by atoms with Crippen LogP contribution in [0.1, 0.15) is 49.8 Å². The number of aromatic nitrogens is 3. The molecule has 17 heteroatoms. The second-order valence-electron chi connectivity index (χ2n) is 10.5. The molecule has 3 aliphatic heterocycles. The van der Waals surface area contributed by atoms with Crippen molar-refractivity contribution in [2.45, 2.75) is 63.6 Å². The summed E-state index contributed by atoms with van der Waals surface area (Å²) in [5.74, 6) is 1.72. The summed E-state index contributed by atoms with van der Waals surface area (Å²) in [6.45, 7) is 3.32. The van der Waals surface area contributed by atoms with Gasteiger partial charge in [-0.05, 0) is 105 Å². The van der Waals surface area contributed by atoms with Crippen molar-refractivity contribution in [2.24, 2.45) is 0 Å². The molecule has 0 aliphatic carbocycles. The molecule has 11 nitrogen and oxygen atoms in total. The van der Waals surface area contributed by atoms with E-state index in [1.807, 2.05) is 18.2 Å². The number of carbonyl (C=O) groups is 2. The Morgan fingerprint density at radius 1 is 0.957 bits per heavy atom. The van der Waals surface area contributed by atoms with Crippen molar-refractivity contribution in [3.63, 3.8) is 0 Å². The van der Waals surface area contributed by atoms with Crippen molar-refractivity contribution >= 4 is 110 Å². The van der Waals surface area contributed by atoms with Gasteiger partial charge in [0.05, 0.1) is 13.2 Å². The van der Waals surface area contributed by atoms with E-state index in [4.69, 9.17) is 16.2 Å². The van der Waals surface area contributed by atoms with E-state index in [1.54, 1.807) is 18.6 Å². The number of alkyl halides is 1. The summed E-state index contributed by atoms with van der Waals surface area (Å²) in [5.41, 5.74) is 14.4. The van der Waals surface area contributed by atoms with Crippen LogP contribution >= 0.6 is 80.7 Å². The number of nitrogens with two attached hydrogens (primary N) is 2. The molecule has 3 aliphatic rings. The number of esters is 1. The van der Waals surface area contributed by atoms with Crippen molar-refractivity contribution in [3.05, 3.63) is 66.9 Å². The van der Waals surface area contributed by atoms with Gasteiger partial charge in [0.15, 0.2) is 0 Å². The zero-order chi connectivity index (χ0) is 31.8. The molecule has 2 saturated heterocycles. The van der Waals surface area contributed by atoms with E-state index < -0.39 is 0 Å². The van der Waals surface area contributed by atoms with Crippen molar-refractivity contribution in [2.75, 3.05) is 37.0 Å². The van der Waals surface area contributed by atoms with E-state index in [-0.39, 0.29) is 66.9 Å². The van der Waals surface area contributed by atoms with Crippen LogP contribution in [0.4, 0.5) is 17.5 Å². The Morgan fingerprint density at radius 2 is 1.53 bits per heavy atom. The summed E-state index contributed by atoms with van der Waals surface area (Å²) >= 11 is 13.4. The Hall–Kier alpha value is -1.11. The van der Waals surface area contributed by atoms with Gasteiger partial charge in [0, 0.05) is 85.7 Å². The average Bonchev–Trinajstić information content (AvgIpc) is 3.65. The molecule has 47 heavy (non-hydrogen) atoms. The third-order valence-corrected chi connectivity index (χ3v) is 9.41. The van der Waals surface area contributed by atoms with Gasteiger partial charge < -0.3 is 21.5 Å². The molecule has 1 radical (unpaired) electrons. The SMILES string of the molecule is Br.C.COC(=O)[C@@H]1CCCN1Cc1cc(Br)cnc1N.Nc1ncc(Br)cc1CBr.O=C1Nc2ncc(Br)cc2CN2CCC[C@@H]12.[V]. The van der Waals surface area contributed by atoms with Crippen LogP contribution in [0.25, 0.3) is 0 Å². The summed E-state index contributed by atoms with van der Waals surface area (Å²) in [4.78, 5) is 40.2. The number of pyridine rings is 3. The van der Waals surface area contributed by atoms with E-state index in [1.165, 1.54) is 7.11 Å². The Bertz CT molecular complexity index is 1490. The Balaban J connectivity index is 0.000000354. The third kappa shape index (κ3) is 12.3. The second-order valence-corrected chi connectivity index (χ2v) is 13.8. The molecule has 2 atom stereocenters. The maximum absolute atomic E-state index is 11.9. The van der Waals surface area contributed by atoms with Gasteiger partial charge in [0.25, 0.3) is 0 Å². The number of rotatable bonds is 4. The molecule has 1 amide bonds. The van der Waals surface area contributed by atoms with Crippen LogP contribution in [0, 0.1) is 0 Å². The van der Waals surface area contributed by atoms with Crippen LogP contribution in [0.3, 0.4) is 0 Å². The molecule has 6 heterocycles. The fourth-order valence-corrected chi connectivity index (χ4v) is 6.88. The maximum atomic E-state index is 11.9. The standard InChI is InChI=1S/C12H16BrN3O2.C11H12BrN3O.C6H6Br2N2.CH4.BrH.V/c1-18-12(17)10-3-2-4-16(10)7-8-5-9(13)6-15-11(8)14;12-8-4-7-6-15-3-1-2-9(15)11(16)14-10(7)13-5-8;7-2-4-1-5(8)3-10-6(4)9;;;/h5-6,10H,2-4,7H2,1H3,(H2,14,15);4-5,9H,1-3,6H2,(H,13,14,16);1,3H,2H2,(H2,9,10);1H4;1H;/t10-;9-;;;;/m00..../s1. The number of ether oxygens (including phenoxy) is 1. The summed E-state index contributed by atoms with van der Waals surface area (Å²) in [6, 6.07) is 5.79. The number of nitrogen functional groups attached to an aromatic ring is 2. The van der Waals surface area contributed by atoms with Crippen LogP contribution < -0.4 is 16.8 Å². The summed E-state index contributed by atoms with van der Waals surface area (Å²) in [5, 5.41) is 3.65. The van der Waals surface area contributed by atoms with Gasteiger partial charge in [-0.1, -0.05) is 23.4 Å². The molecule has 0 spiro atoms. The summed E-state index contributed by atoms with van der Waals surface area (Å²) in [7, 11) is 1.42. The van der Waals surface area contributed by atoms with Gasteiger partial charge in [0.2, 0.25) is 5.91 Å². The van der Waals surface area contributed by atoms with E-state index in [0.29, 0.717) is 24.0 Å². The summed E-state index contributed by atoms with van der Waals surface area (Å²) < 4.78 is 7.62. The zero-order valence-corrected chi connectivity index (χ0v) is 34.4. The number of nitrogens with zero attached hydrogens (tertiary/aromatic N) is 5. The van der Waals surface area contributed by atoms with Crippen molar-refractivity contribution in [1.29, 1.82) is 0 Å². The number of nitrogens with one attached hydrogen (secondary N) is 1. The first-order chi connectivity index (χ1) is 21.1. The van der Waals surface area contributed by atoms with Gasteiger partial charge in [0.1, 0.15) is 23.5 Å². The van der Waals surface area contributed by atoms with Gasteiger partial charge in [-0.15, -0.1) is 17.0 Å². The monoisotopic (exact) mass is 1000 g/mol. The van der Waals surface area contributed by atoms with Gasteiger partial charge in [-0.25, -0.2) is 15.0 Å². The summed E-state index contributed by atoms with van der Waals surface area (Å²) in [6.07, 6.45) is 8.97. The van der Waals surface area contributed by atoms with E-state index in [9.17, 15) is 9.59 Å². The number of anilines is 3. The minimum absolute atomic E-state index is 0. The minimum Gasteiger partial charge on any atom is -0.468 e. The fraction of sp³-hybridized carbons (Fsp3) is 0.433. The largest absolute Gasteiger partial charge is 0.468 e. The first-order valence-corrected chi connectivity index (χ1v) is 17.5. The van der Waals surface area contributed by atoms with Crippen LogP contribution in [0.15, 0.2) is 50.2 Å². The average molecular weight is 1010 g/mol. The van der Waals surface area contributed by atoms with Gasteiger partial charge >= 0.3 is 5.97 Å². The van der Waals surface area contributed by atoms with E-state index >= 15 is 0 Å². The molecule has 0 aromatic carbocycles. The number of carbonyl (C=O) groups excluding carboxylic acids is 2. The molecule has 2 fully saturated rings. The van der Waals surface area contributed by atoms with Crippen LogP contribution in [0.2, 0.25) is 0 Å². The minimum atomic E-state index is -0.172. The third-order valence-electron chi connectivity index (χ3n) is 7.51. The second kappa shape index (κ2) is 21.2. The molecule has 5 N–H and O–H groups in total. The smallest absolute Gasteiger partial charge is 0.323 e. The number of amides is 1. The van der Waals surface area contributed by atoms with Crippen molar-refractivity contribution in [3.8, 4) is 0 Å². The van der Waals surface area contributed by atoms with Crippen LogP contribution in [-0.2, 0) is 51.3 Å². The van der Waals surface area contributed by atoms with Crippen LogP contribution in [-0.4, -0.2) is 68.9 Å². The fourth-order valence-electron chi connectivity index (χ4n) is 5.30. The Morgan fingerprint density at radius 3 is 2.15 bits per heavy atom. The first-order valence-electron chi connectivity index (χ1n) is 14.0. The van der Waals surface area contributed by atoms with E-state index in [0.717, 1.165) is 80.8 Å². The molecule has 257 valence electrons. The molecular formula is C30H39Br5N8O3V. The van der Waals surface area contributed by atoms with Crippen molar-refractivity contribution < 1.29 is 32.9 Å². The van der Waals surface area contributed by atoms with Gasteiger partial charge in [-0.2, -0.15) is 0 Å². The predicted molar refractivity (Wildman–Crippen MR) is 202 cm³/mol. The molecule has 6 rings (SSSR count). The number of fused-ring (bicyclic) bond motifs is 2. The maximum Gasteiger partial charge on any atom is 0.323 e. The molecule has 0 saturated carbocycles. The zero-order valence-electron chi connectivity index (χ0n) is 25.0. The number of hydrogen-bond acceptors (Lipinski definition) is 10. The topological polar surface area (TPSA) is 153 Å². The number of likely N-dealkylation sites (tertiary alicyclic amines) is 1. The molecule has 3 aromatic rings. The molecule has 3 aromatic heterocycles. The Labute approximate surface area is 332 Å².